The molecule has 1 unspecified atom stereocenters. The number of hydrogen-bond donors (Lipinski definition) is 1. The fourth-order valence-corrected chi connectivity index (χ4v) is 3.00. The highest BCUT2D eigenvalue weighted by Crippen LogP contribution is 2.41. The lowest BCUT2D eigenvalue weighted by Crippen LogP contribution is -2.42. The minimum atomic E-state index is -0.940. The Morgan fingerprint density at radius 1 is 1.38 bits per heavy atom. The van der Waals surface area contributed by atoms with E-state index < -0.39 is 11.4 Å². The van der Waals surface area contributed by atoms with Crippen LogP contribution in [0.2, 0.25) is 0 Å². The van der Waals surface area contributed by atoms with Crippen LogP contribution in [0.15, 0.2) is 42.7 Å². The maximum Gasteiger partial charge on any atom is 0.314 e. The third kappa shape index (κ3) is 2.37. The second-order valence-electron chi connectivity index (χ2n) is 5.53. The standard InChI is InChI=1S/C17H17NO3/c1-12-8-13(11-18-10-12)9-17(16(19)20)6-7-21-15-5-3-2-4-14(15)17/h2-5,8,10-11H,6-7,9H2,1H3,(H,19,20). The highest BCUT2D eigenvalue weighted by Gasteiger charge is 2.44. The minimum Gasteiger partial charge on any atom is -0.493 e. The number of aryl methyl sites for hydroxylation is 1. The van der Waals surface area contributed by atoms with Crippen LogP contribution in [-0.2, 0) is 16.6 Å². The van der Waals surface area contributed by atoms with Crippen molar-refractivity contribution in [3.8, 4) is 5.75 Å². The molecule has 2 aromatic rings. The van der Waals surface area contributed by atoms with Crippen LogP contribution in [-0.4, -0.2) is 22.7 Å². The smallest absolute Gasteiger partial charge is 0.314 e. The number of para-hydroxylation sites is 1. The minimum absolute atomic E-state index is 0.419. The average Bonchev–Trinajstić information content (AvgIpc) is 2.47. The van der Waals surface area contributed by atoms with Crippen LogP contribution in [0.25, 0.3) is 0 Å². The van der Waals surface area contributed by atoms with Gasteiger partial charge in [-0.05, 0) is 30.5 Å². The Morgan fingerprint density at radius 2 is 2.19 bits per heavy atom. The van der Waals surface area contributed by atoms with Gasteiger partial charge in [-0.25, -0.2) is 0 Å². The summed E-state index contributed by atoms with van der Waals surface area (Å²) >= 11 is 0. The number of nitrogens with zero attached hydrogens (tertiary/aromatic N) is 1. The van der Waals surface area contributed by atoms with E-state index in [-0.39, 0.29) is 0 Å². The van der Waals surface area contributed by atoms with Crippen LogP contribution in [0.4, 0.5) is 0 Å². The molecular formula is C17H17NO3. The van der Waals surface area contributed by atoms with E-state index >= 15 is 0 Å². The number of carbonyl (C=O) groups is 1. The van der Waals surface area contributed by atoms with Crippen molar-refractivity contribution in [1.82, 2.24) is 4.98 Å². The van der Waals surface area contributed by atoms with E-state index in [0.29, 0.717) is 25.2 Å². The van der Waals surface area contributed by atoms with E-state index in [0.717, 1.165) is 16.7 Å². The molecule has 0 aliphatic carbocycles. The van der Waals surface area contributed by atoms with E-state index in [9.17, 15) is 9.90 Å². The second-order valence-corrected chi connectivity index (χ2v) is 5.53. The second kappa shape index (κ2) is 5.20. The predicted molar refractivity (Wildman–Crippen MR) is 78.5 cm³/mol. The molecule has 1 aromatic heterocycles. The van der Waals surface area contributed by atoms with E-state index in [4.69, 9.17) is 4.74 Å². The molecule has 0 saturated carbocycles. The van der Waals surface area contributed by atoms with Crippen molar-refractivity contribution < 1.29 is 14.6 Å². The molecule has 2 heterocycles. The summed E-state index contributed by atoms with van der Waals surface area (Å²) in [6.45, 7) is 2.38. The van der Waals surface area contributed by atoms with Gasteiger partial charge in [-0.3, -0.25) is 9.78 Å². The van der Waals surface area contributed by atoms with Gasteiger partial charge in [0.05, 0.1) is 6.61 Å². The van der Waals surface area contributed by atoms with E-state index in [2.05, 4.69) is 4.98 Å². The first kappa shape index (κ1) is 13.6. The Bertz CT molecular complexity index is 683. The zero-order valence-electron chi connectivity index (χ0n) is 11.9. The van der Waals surface area contributed by atoms with Gasteiger partial charge in [0, 0.05) is 24.4 Å². The largest absolute Gasteiger partial charge is 0.493 e. The number of hydrogen-bond acceptors (Lipinski definition) is 3. The third-order valence-corrected chi connectivity index (χ3v) is 4.04. The fraction of sp³-hybridized carbons (Fsp3) is 0.294. The van der Waals surface area contributed by atoms with Gasteiger partial charge in [-0.2, -0.15) is 0 Å². The number of aromatic nitrogens is 1. The Balaban J connectivity index is 2.08. The maximum atomic E-state index is 12.1. The number of benzene rings is 1. The van der Waals surface area contributed by atoms with Crippen molar-refractivity contribution in [2.75, 3.05) is 6.61 Å². The molecule has 1 N–H and O–H groups in total. The number of rotatable bonds is 3. The Morgan fingerprint density at radius 3 is 2.95 bits per heavy atom. The summed E-state index contributed by atoms with van der Waals surface area (Å²) in [7, 11) is 0. The monoisotopic (exact) mass is 283 g/mol. The van der Waals surface area contributed by atoms with Crippen molar-refractivity contribution in [1.29, 1.82) is 0 Å². The summed E-state index contributed by atoms with van der Waals surface area (Å²) in [5.74, 6) is -0.133. The molecule has 0 bridgehead atoms. The third-order valence-electron chi connectivity index (χ3n) is 4.04. The van der Waals surface area contributed by atoms with Gasteiger partial charge < -0.3 is 9.84 Å². The first-order valence-electron chi connectivity index (χ1n) is 6.98. The molecule has 3 rings (SSSR count). The van der Waals surface area contributed by atoms with Crippen molar-refractivity contribution in [2.24, 2.45) is 0 Å². The van der Waals surface area contributed by atoms with Crippen molar-refractivity contribution in [3.05, 3.63) is 59.4 Å². The Labute approximate surface area is 123 Å². The van der Waals surface area contributed by atoms with E-state index in [1.807, 2.05) is 37.3 Å². The van der Waals surface area contributed by atoms with Gasteiger partial charge in [0.25, 0.3) is 0 Å². The van der Waals surface area contributed by atoms with Crippen molar-refractivity contribution in [2.45, 2.75) is 25.2 Å². The van der Waals surface area contributed by atoms with Crippen LogP contribution >= 0.6 is 0 Å². The number of fused-ring (bicyclic) bond motifs is 1. The van der Waals surface area contributed by atoms with Gasteiger partial charge in [-0.15, -0.1) is 0 Å². The average molecular weight is 283 g/mol. The summed E-state index contributed by atoms with van der Waals surface area (Å²) < 4.78 is 5.61. The van der Waals surface area contributed by atoms with Crippen LogP contribution in [0.3, 0.4) is 0 Å². The lowest BCUT2D eigenvalue weighted by atomic mass is 9.72. The quantitative estimate of drug-likeness (QED) is 0.941. The Kier molecular flexibility index (Phi) is 3.37. The predicted octanol–water partition coefficient (Wildman–Crippen LogP) is 2.74. The van der Waals surface area contributed by atoms with Gasteiger partial charge in [0.1, 0.15) is 11.2 Å². The van der Waals surface area contributed by atoms with Crippen molar-refractivity contribution in [3.63, 3.8) is 0 Å². The molecule has 1 aromatic carbocycles. The zero-order chi connectivity index (χ0) is 14.9. The van der Waals surface area contributed by atoms with Crippen LogP contribution < -0.4 is 4.74 Å². The summed E-state index contributed by atoms with van der Waals surface area (Å²) in [5, 5.41) is 9.89. The molecule has 4 nitrogen and oxygen atoms in total. The molecular weight excluding hydrogens is 266 g/mol. The first-order valence-corrected chi connectivity index (χ1v) is 6.98. The summed E-state index contributed by atoms with van der Waals surface area (Å²) in [6.07, 6.45) is 4.41. The molecule has 108 valence electrons. The number of carboxylic acid groups (broad SMARTS) is 1. The summed E-state index contributed by atoms with van der Waals surface area (Å²) in [6, 6.07) is 9.41. The number of carboxylic acids is 1. The van der Waals surface area contributed by atoms with Crippen molar-refractivity contribution >= 4 is 5.97 Å². The summed E-state index contributed by atoms with van der Waals surface area (Å²) in [4.78, 5) is 16.2. The number of ether oxygens (including phenoxy) is 1. The lowest BCUT2D eigenvalue weighted by molar-refractivity contribution is -0.145. The highest BCUT2D eigenvalue weighted by molar-refractivity contribution is 5.83. The summed E-state index contributed by atoms with van der Waals surface area (Å²) in [5.41, 5.74) is 1.79. The van der Waals surface area contributed by atoms with Gasteiger partial charge in [0.15, 0.2) is 0 Å². The number of pyridine rings is 1. The van der Waals surface area contributed by atoms with Gasteiger partial charge >= 0.3 is 5.97 Å². The Hall–Kier alpha value is -2.36. The van der Waals surface area contributed by atoms with Gasteiger partial charge in [-0.1, -0.05) is 24.3 Å². The molecule has 1 aliphatic rings. The molecule has 0 amide bonds. The SMILES string of the molecule is Cc1cncc(CC2(C(=O)O)CCOc3ccccc32)c1. The molecule has 21 heavy (non-hydrogen) atoms. The molecule has 4 heteroatoms. The zero-order valence-corrected chi connectivity index (χ0v) is 11.9. The van der Waals surface area contributed by atoms with Gasteiger partial charge in [0.2, 0.25) is 0 Å². The highest BCUT2D eigenvalue weighted by atomic mass is 16.5. The molecule has 1 aliphatic heterocycles. The number of aliphatic carboxylic acids is 1. The molecule has 0 fully saturated rings. The van der Waals surface area contributed by atoms with Crippen LogP contribution in [0.1, 0.15) is 23.1 Å². The lowest BCUT2D eigenvalue weighted by Gasteiger charge is -2.35. The van der Waals surface area contributed by atoms with Crippen LogP contribution in [0, 0.1) is 6.92 Å². The van der Waals surface area contributed by atoms with E-state index in [1.54, 1.807) is 12.4 Å². The first-order chi connectivity index (χ1) is 10.1. The fourth-order valence-electron chi connectivity index (χ4n) is 3.00. The van der Waals surface area contributed by atoms with E-state index in [1.165, 1.54) is 0 Å². The molecule has 1 atom stereocenters. The molecule has 0 spiro atoms. The van der Waals surface area contributed by atoms with Crippen LogP contribution in [0.5, 0.6) is 5.75 Å². The molecule has 0 radical (unpaired) electrons. The topological polar surface area (TPSA) is 59.4 Å². The molecule has 0 saturated heterocycles. The normalized spacial score (nSPS) is 20.4. The maximum absolute atomic E-state index is 12.1.